The van der Waals surface area contributed by atoms with Crippen LogP contribution in [0.15, 0.2) is 18.2 Å². The molecule has 1 fully saturated rings. The lowest BCUT2D eigenvalue weighted by atomic mass is 9.94. The molecule has 0 radical (unpaired) electrons. The second-order valence-electron chi connectivity index (χ2n) is 6.75. The van der Waals surface area contributed by atoms with Crippen molar-refractivity contribution in [3.8, 4) is 0 Å². The summed E-state index contributed by atoms with van der Waals surface area (Å²) in [4.78, 5) is 12.1. The SMILES string of the molecule is CC1(C)C[C@H](NCC(=O)Nc2c(Cl)cccc2Cl)C(C)(C)O1. The van der Waals surface area contributed by atoms with Crippen LogP contribution in [0.5, 0.6) is 0 Å². The van der Waals surface area contributed by atoms with Crippen LogP contribution >= 0.6 is 23.2 Å². The monoisotopic (exact) mass is 344 g/mol. The minimum absolute atomic E-state index is 0.106. The number of ether oxygens (including phenoxy) is 1. The first kappa shape index (κ1) is 17.5. The van der Waals surface area contributed by atoms with E-state index < -0.39 is 0 Å². The number of amides is 1. The molecule has 1 atom stereocenters. The molecule has 0 spiro atoms. The van der Waals surface area contributed by atoms with Crippen LogP contribution in [0.4, 0.5) is 5.69 Å². The van der Waals surface area contributed by atoms with Crippen LogP contribution in [-0.2, 0) is 9.53 Å². The summed E-state index contributed by atoms with van der Waals surface area (Å²) in [7, 11) is 0. The van der Waals surface area contributed by atoms with Crippen LogP contribution in [0.25, 0.3) is 0 Å². The van der Waals surface area contributed by atoms with Crippen molar-refractivity contribution in [3.05, 3.63) is 28.2 Å². The van der Waals surface area contributed by atoms with E-state index in [-0.39, 0.29) is 29.7 Å². The molecule has 6 heteroatoms. The van der Waals surface area contributed by atoms with E-state index in [0.29, 0.717) is 15.7 Å². The van der Waals surface area contributed by atoms with Gasteiger partial charge in [0.1, 0.15) is 0 Å². The van der Waals surface area contributed by atoms with Gasteiger partial charge < -0.3 is 15.4 Å². The van der Waals surface area contributed by atoms with Gasteiger partial charge in [0.15, 0.2) is 0 Å². The Kier molecular flexibility index (Phi) is 5.07. The maximum Gasteiger partial charge on any atom is 0.238 e. The minimum Gasteiger partial charge on any atom is -0.368 e. The fraction of sp³-hybridized carbons (Fsp3) is 0.562. The Bertz CT molecular complexity index is 553. The number of nitrogens with one attached hydrogen (secondary N) is 2. The molecule has 22 heavy (non-hydrogen) atoms. The summed E-state index contributed by atoms with van der Waals surface area (Å²) in [6.45, 7) is 8.35. The number of hydrogen-bond donors (Lipinski definition) is 2. The summed E-state index contributed by atoms with van der Waals surface area (Å²) in [6.07, 6.45) is 0.847. The molecule has 4 nitrogen and oxygen atoms in total. The van der Waals surface area contributed by atoms with E-state index in [1.54, 1.807) is 18.2 Å². The Morgan fingerprint density at radius 3 is 2.36 bits per heavy atom. The molecule has 1 amide bonds. The van der Waals surface area contributed by atoms with Gasteiger partial charge in [-0.25, -0.2) is 0 Å². The van der Waals surface area contributed by atoms with Gasteiger partial charge in [-0.15, -0.1) is 0 Å². The van der Waals surface area contributed by atoms with Crippen molar-refractivity contribution in [2.24, 2.45) is 0 Å². The van der Waals surface area contributed by atoms with Crippen LogP contribution in [0, 0.1) is 0 Å². The standard InChI is InChI=1S/C16H22Cl2N2O2/c1-15(2)8-12(16(3,4)22-15)19-9-13(21)20-14-10(17)6-5-7-11(14)18/h5-7,12,19H,8-9H2,1-4H3,(H,20,21)/t12-/m0/s1. The Labute approximate surface area is 141 Å². The maximum atomic E-state index is 12.1. The van der Waals surface area contributed by atoms with Crippen molar-refractivity contribution >= 4 is 34.8 Å². The first-order valence-corrected chi connectivity index (χ1v) is 8.04. The molecule has 0 aliphatic carbocycles. The molecule has 0 bridgehead atoms. The van der Waals surface area contributed by atoms with E-state index in [0.717, 1.165) is 6.42 Å². The minimum atomic E-state index is -0.314. The summed E-state index contributed by atoms with van der Waals surface area (Å²) < 4.78 is 6.00. The third kappa shape index (κ3) is 4.13. The quantitative estimate of drug-likeness (QED) is 0.871. The average molecular weight is 345 g/mol. The fourth-order valence-electron chi connectivity index (χ4n) is 2.90. The summed E-state index contributed by atoms with van der Waals surface area (Å²) in [5.41, 5.74) is -0.0601. The topological polar surface area (TPSA) is 50.4 Å². The maximum absolute atomic E-state index is 12.1. The Balaban J connectivity index is 1.94. The number of carbonyl (C=O) groups is 1. The van der Waals surface area contributed by atoms with E-state index in [2.05, 4.69) is 24.5 Å². The molecule has 1 aromatic carbocycles. The first-order chi connectivity index (χ1) is 10.1. The molecule has 1 aliphatic heterocycles. The van der Waals surface area contributed by atoms with Crippen molar-refractivity contribution in [2.75, 3.05) is 11.9 Å². The molecule has 1 heterocycles. The van der Waals surface area contributed by atoms with Gasteiger partial charge in [-0.05, 0) is 46.2 Å². The van der Waals surface area contributed by atoms with Crippen LogP contribution in [0.1, 0.15) is 34.1 Å². The zero-order valence-corrected chi connectivity index (χ0v) is 14.8. The predicted molar refractivity (Wildman–Crippen MR) is 90.7 cm³/mol. The third-order valence-electron chi connectivity index (χ3n) is 3.81. The largest absolute Gasteiger partial charge is 0.368 e. The fourth-order valence-corrected chi connectivity index (χ4v) is 3.39. The third-order valence-corrected chi connectivity index (χ3v) is 4.44. The second kappa shape index (κ2) is 6.36. The smallest absolute Gasteiger partial charge is 0.238 e. The van der Waals surface area contributed by atoms with E-state index in [1.807, 2.05) is 13.8 Å². The molecule has 2 N–H and O–H groups in total. The van der Waals surface area contributed by atoms with Gasteiger partial charge in [0.2, 0.25) is 5.91 Å². The van der Waals surface area contributed by atoms with Gasteiger partial charge in [-0.2, -0.15) is 0 Å². The predicted octanol–water partition coefficient (Wildman–Crippen LogP) is 3.87. The van der Waals surface area contributed by atoms with E-state index in [4.69, 9.17) is 27.9 Å². The zero-order valence-electron chi connectivity index (χ0n) is 13.3. The molecular weight excluding hydrogens is 323 g/mol. The summed E-state index contributed by atoms with van der Waals surface area (Å²) in [5.74, 6) is -0.185. The Hall–Kier alpha value is -0.810. The second-order valence-corrected chi connectivity index (χ2v) is 7.56. The van der Waals surface area contributed by atoms with Crippen LogP contribution < -0.4 is 10.6 Å². The van der Waals surface area contributed by atoms with Crippen molar-refractivity contribution < 1.29 is 9.53 Å². The highest BCUT2D eigenvalue weighted by Gasteiger charge is 2.45. The van der Waals surface area contributed by atoms with E-state index in [9.17, 15) is 4.79 Å². The van der Waals surface area contributed by atoms with Gasteiger partial charge in [-0.1, -0.05) is 29.3 Å². The number of rotatable bonds is 4. The van der Waals surface area contributed by atoms with Crippen LogP contribution in [0.3, 0.4) is 0 Å². The highest BCUT2D eigenvalue weighted by Crippen LogP contribution is 2.37. The van der Waals surface area contributed by atoms with Gasteiger partial charge in [0.25, 0.3) is 0 Å². The molecule has 122 valence electrons. The van der Waals surface area contributed by atoms with Crippen molar-refractivity contribution in [1.82, 2.24) is 5.32 Å². The Morgan fingerprint density at radius 2 is 1.86 bits per heavy atom. The molecule has 0 unspecified atom stereocenters. The average Bonchev–Trinajstić information content (AvgIpc) is 2.59. The molecule has 0 saturated carbocycles. The Morgan fingerprint density at radius 1 is 1.27 bits per heavy atom. The normalized spacial score (nSPS) is 22.5. The van der Waals surface area contributed by atoms with Crippen molar-refractivity contribution in [2.45, 2.75) is 51.4 Å². The zero-order chi connectivity index (χ0) is 16.5. The highest BCUT2D eigenvalue weighted by atomic mass is 35.5. The molecule has 1 saturated heterocycles. The summed E-state index contributed by atoms with van der Waals surface area (Å²) >= 11 is 12.1. The lowest BCUT2D eigenvalue weighted by molar-refractivity contribution is -0.115. The number of benzene rings is 1. The molecule has 1 aromatic rings. The van der Waals surface area contributed by atoms with E-state index >= 15 is 0 Å². The van der Waals surface area contributed by atoms with E-state index in [1.165, 1.54) is 0 Å². The number of halogens is 2. The summed E-state index contributed by atoms with van der Waals surface area (Å²) in [6, 6.07) is 5.22. The first-order valence-electron chi connectivity index (χ1n) is 7.28. The highest BCUT2D eigenvalue weighted by molar-refractivity contribution is 6.39. The number of para-hydroxylation sites is 1. The van der Waals surface area contributed by atoms with Gasteiger partial charge >= 0.3 is 0 Å². The van der Waals surface area contributed by atoms with Crippen molar-refractivity contribution in [3.63, 3.8) is 0 Å². The van der Waals surface area contributed by atoms with Crippen LogP contribution in [-0.4, -0.2) is 29.7 Å². The molecule has 2 rings (SSSR count). The summed E-state index contributed by atoms with van der Waals surface area (Å²) in [5, 5.41) is 6.85. The number of anilines is 1. The van der Waals surface area contributed by atoms with Crippen molar-refractivity contribution in [1.29, 1.82) is 0 Å². The molecule has 1 aliphatic rings. The molecular formula is C16H22Cl2N2O2. The van der Waals surface area contributed by atoms with Gasteiger partial charge in [0.05, 0.1) is 33.5 Å². The van der Waals surface area contributed by atoms with Gasteiger partial charge in [-0.3, -0.25) is 4.79 Å². The molecule has 0 aromatic heterocycles. The number of carbonyl (C=O) groups excluding carboxylic acids is 1. The lowest BCUT2D eigenvalue weighted by Gasteiger charge is -2.27. The number of hydrogen-bond acceptors (Lipinski definition) is 3. The van der Waals surface area contributed by atoms with Crippen LogP contribution in [0.2, 0.25) is 10.0 Å². The lowest BCUT2D eigenvalue weighted by Crippen LogP contribution is -2.46. The van der Waals surface area contributed by atoms with Gasteiger partial charge in [0, 0.05) is 6.04 Å².